The topological polar surface area (TPSA) is 71.2 Å². The van der Waals surface area contributed by atoms with Crippen LogP contribution in [0, 0.1) is 5.92 Å². The minimum Gasteiger partial charge on any atom is -0.382 e. The van der Waals surface area contributed by atoms with Gasteiger partial charge in [0.05, 0.1) is 0 Å². The molecule has 1 aliphatic carbocycles. The lowest BCUT2D eigenvalue weighted by atomic mass is 10.1. The van der Waals surface area contributed by atoms with Crippen molar-refractivity contribution in [3.8, 4) is 0 Å². The molecule has 1 atom stereocenters. The first kappa shape index (κ1) is 14.1. The van der Waals surface area contributed by atoms with E-state index in [0.717, 1.165) is 18.1 Å². The fraction of sp³-hybridized carbons (Fsp3) is 0.692. The number of aromatic nitrogens is 1. The molecule has 0 aromatic carbocycles. The minimum atomic E-state index is -0.0286. The van der Waals surface area contributed by atoms with Crippen molar-refractivity contribution in [1.29, 1.82) is 0 Å². The van der Waals surface area contributed by atoms with Gasteiger partial charge in [-0.25, -0.2) is 4.98 Å². The maximum absolute atomic E-state index is 12.3. The highest BCUT2D eigenvalue weighted by atomic mass is 32.1. The molecule has 1 aliphatic rings. The number of amides is 1. The highest BCUT2D eigenvalue weighted by molar-refractivity contribution is 7.18. The first-order valence-corrected chi connectivity index (χ1v) is 7.61. The molecule has 2 rings (SSSR count). The van der Waals surface area contributed by atoms with E-state index in [9.17, 15) is 4.79 Å². The molecule has 1 amide bonds. The lowest BCUT2D eigenvalue weighted by Gasteiger charge is -2.20. The quantitative estimate of drug-likeness (QED) is 0.840. The number of nitrogens with two attached hydrogens (primary N) is 1. The van der Waals surface area contributed by atoms with Crippen molar-refractivity contribution in [1.82, 2.24) is 9.88 Å². The number of carbonyl (C=O) groups is 1. The molecular formula is C13H22N4OS. The Kier molecular flexibility index (Phi) is 4.29. The normalized spacial score (nSPS) is 16.2. The summed E-state index contributed by atoms with van der Waals surface area (Å²) < 4.78 is 0. The molecular weight excluding hydrogens is 260 g/mol. The lowest BCUT2D eigenvalue weighted by Crippen LogP contribution is -2.30. The zero-order valence-electron chi connectivity index (χ0n) is 11.8. The van der Waals surface area contributed by atoms with E-state index in [2.05, 4.69) is 24.1 Å². The maximum Gasteiger partial charge on any atom is 0.267 e. The van der Waals surface area contributed by atoms with E-state index in [1.165, 1.54) is 24.2 Å². The van der Waals surface area contributed by atoms with Gasteiger partial charge in [0.2, 0.25) is 0 Å². The van der Waals surface area contributed by atoms with E-state index in [4.69, 9.17) is 5.73 Å². The molecule has 1 fully saturated rings. The number of nitrogens with zero attached hydrogens (tertiary/aromatic N) is 2. The van der Waals surface area contributed by atoms with Gasteiger partial charge in [0.15, 0.2) is 5.13 Å². The molecule has 1 heterocycles. The van der Waals surface area contributed by atoms with Crippen molar-refractivity contribution in [3.05, 3.63) is 4.88 Å². The average Bonchev–Trinajstić information content (AvgIpc) is 3.10. The Balaban J connectivity index is 2.02. The standard InChI is InChI=1S/C13H22N4OS/c1-4-8(2)7-17(3)12(18)10-11(14)16-13(19-10)15-9-5-6-9/h8-9H,4-7,14H2,1-3H3,(H,15,16). The van der Waals surface area contributed by atoms with E-state index >= 15 is 0 Å². The molecule has 106 valence electrons. The summed E-state index contributed by atoms with van der Waals surface area (Å²) in [6.07, 6.45) is 3.41. The summed E-state index contributed by atoms with van der Waals surface area (Å²) in [6.45, 7) is 5.01. The van der Waals surface area contributed by atoms with Crippen molar-refractivity contribution in [2.75, 3.05) is 24.6 Å². The van der Waals surface area contributed by atoms with Crippen LogP contribution in [-0.4, -0.2) is 35.4 Å². The molecule has 5 nitrogen and oxygen atoms in total. The molecule has 0 aliphatic heterocycles. The van der Waals surface area contributed by atoms with E-state index in [-0.39, 0.29) is 5.91 Å². The van der Waals surface area contributed by atoms with Gasteiger partial charge in [0, 0.05) is 19.6 Å². The van der Waals surface area contributed by atoms with Gasteiger partial charge in [-0.2, -0.15) is 0 Å². The summed E-state index contributed by atoms with van der Waals surface area (Å²) in [6, 6.07) is 0.520. The smallest absolute Gasteiger partial charge is 0.267 e. The highest BCUT2D eigenvalue weighted by Crippen LogP contribution is 2.31. The van der Waals surface area contributed by atoms with Crippen molar-refractivity contribution in [2.24, 2.45) is 5.92 Å². The zero-order valence-corrected chi connectivity index (χ0v) is 12.6. The van der Waals surface area contributed by atoms with Crippen LogP contribution in [0.1, 0.15) is 42.8 Å². The lowest BCUT2D eigenvalue weighted by molar-refractivity contribution is 0.0780. The number of hydrogen-bond donors (Lipinski definition) is 2. The number of nitrogens with one attached hydrogen (secondary N) is 1. The summed E-state index contributed by atoms with van der Waals surface area (Å²) in [5.41, 5.74) is 5.85. The molecule has 1 aromatic heterocycles. The van der Waals surface area contributed by atoms with E-state index in [1.54, 1.807) is 4.90 Å². The van der Waals surface area contributed by atoms with Crippen LogP contribution in [0.3, 0.4) is 0 Å². The van der Waals surface area contributed by atoms with Gasteiger partial charge in [-0.1, -0.05) is 31.6 Å². The molecule has 0 bridgehead atoms. The Labute approximate surface area is 118 Å². The third-order valence-corrected chi connectivity index (χ3v) is 4.37. The van der Waals surface area contributed by atoms with Crippen LogP contribution in [0.25, 0.3) is 0 Å². The van der Waals surface area contributed by atoms with Crippen molar-refractivity contribution >= 4 is 28.2 Å². The van der Waals surface area contributed by atoms with Crippen LogP contribution in [0.5, 0.6) is 0 Å². The fourth-order valence-corrected chi connectivity index (χ4v) is 2.76. The van der Waals surface area contributed by atoms with Crippen LogP contribution in [0.4, 0.5) is 10.9 Å². The average molecular weight is 282 g/mol. The first-order valence-electron chi connectivity index (χ1n) is 6.79. The van der Waals surface area contributed by atoms with E-state index < -0.39 is 0 Å². The Bertz CT molecular complexity index is 455. The Morgan fingerprint density at radius 2 is 2.32 bits per heavy atom. The molecule has 1 aromatic rings. The van der Waals surface area contributed by atoms with Gasteiger partial charge >= 0.3 is 0 Å². The van der Waals surface area contributed by atoms with Crippen molar-refractivity contribution in [3.63, 3.8) is 0 Å². The van der Waals surface area contributed by atoms with Gasteiger partial charge in [0.1, 0.15) is 10.7 Å². The Morgan fingerprint density at radius 1 is 1.63 bits per heavy atom. The van der Waals surface area contributed by atoms with Crippen LogP contribution in [0.2, 0.25) is 0 Å². The largest absolute Gasteiger partial charge is 0.382 e. The maximum atomic E-state index is 12.3. The number of hydrogen-bond acceptors (Lipinski definition) is 5. The zero-order chi connectivity index (χ0) is 14.0. The van der Waals surface area contributed by atoms with Crippen LogP contribution in [0.15, 0.2) is 0 Å². The van der Waals surface area contributed by atoms with E-state index in [0.29, 0.717) is 22.7 Å². The predicted molar refractivity (Wildman–Crippen MR) is 79.6 cm³/mol. The second kappa shape index (κ2) is 5.77. The molecule has 0 radical (unpaired) electrons. The Morgan fingerprint density at radius 3 is 2.89 bits per heavy atom. The van der Waals surface area contributed by atoms with Crippen LogP contribution < -0.4 is 11.1 Å². The molecule has 0 saturated heterocycles. The summed E-state index contributed by atoms with van der Waals surface area (Å²) in [5.74, 6) is 0.806. The predicted octanol–water partition coefficient (Wildman–Crippen LogP) is 2.42. The van der Waals surface area contributed by atoms with Crippen molar-refractivity contribution < 1.29 is 4.79 Å². The summed E-state index contributed by atoms with van der Waals surface area (Å²) >= 11 is 1.36. The molecule has 19 heavy (non-hydrogen) atoms. The number of rotatable bonds is 6. The Hall–Kier alpha value is -1.30. The molecule has 6 heteroatoms. The fourth-order valence-electron chi connectivity index (χ4n) is 1.80. The summed E-state index contributed by atoms with van der Waals surface area (Å²) in [7, 11) is 1.82. The van der Waals surface area contributed by atoms with Gasteiger partial charge < -0.3 is 16.0 Å². The third-order valence-electron chi connectivity index (χ3n) is 3.38. The van der Waals surface area contributed by atoms with Gasteiger partial charge in [0.25, 0.3) is 5.91 Å². The number of carbonyl (C=O) groups excluding carboxylic acids is 1. The van der Waals surface area contributed by atoms with E-state index in [1.807, 2.05) is 7.05 Å². The molecule has 1 saturated carbocycles. The number of anilines is 2. The number of thiazole rings is 1. The number of nitrogen functional groups attached to an aromatic ring is 1. The monoisotopic (exact) mass is 282 g/mol. The molecule has 1 unspecified atom stereocenters. The van der Waals surface area contributed by atoms with Crippen molar-refractivity contribution in [2.45, 2.75) is 39.2 Å². The molecule has 0 spiro atoms. The minimum absolute atomic E-state index is 0.0286. The first-order chi connectivity index (χ1) is 9.01. The van der Waals surface area contributed by atoms with Crippen LogP contribution >= 0.6 is 11.3 Å². The summed E-state index contributed by atoms with van der Waals surface area (Å²) in [5, 5.41) is 4.04. The van der Waals surface area contributed by atoms with Crippen LogP contribution in [-0.2, 0) is 0 Å². The SMILES string of the molecule is CCC(C)CN(C)C(=O)c1sc(NC2CC2)nc1N. The van der Waals surface area contributed by atoms with Gasteiger partial charge in [-0.05, 0) is 18.8 Å². The molecule has 3 N–H and O–H groups in total. The highest BCUT2D eigenvalue weighted by Gasteiger charge is 2.25. The second-order valence-electron chi connectivity index (χ2n) is 5.35. The second-order valence-corrected chi connectivity index (χ2v) is 6.35. The van der Waals surface area contributed by atoms with Gasteiger partial charge in [-0.3, -0.25) is 4.79 Å². The third kappa shape index (κ3) is 3.59. The summed E-state index contributed by atoms with van der Waals surface area (Å²) in [4.78, 5) is 18.8. The van der Waals surface area contributed by atoms with Gasteiger partial charge in [-0.15, -0.1) is 0 Å².